The number of Topliss-reactive ketones (excluding diaryl/α,β-unsaturated/α-hetero) is 1. The van der Waals surface area contributed by atoms with Crippen molar-refractivity contribution in [1.29, 1.82) is 0 Å². The molecule has 3 rings (SSSR count). The van der Waals surface area contributed by atoms with Crippen molar-refractivity contribution < 1.29 is 4.79 Å². The lowest BCUT2D eigenvalue weighted by Crippen LogP contribution is -2.13. The van der Waals surface area contributed by atoms with Gasteiger partial charge in [-0.2, -0.15) is 0 Å². The number of ketones is 1. The Kier molecular flexibility index (Phi) is 2.08. The lowest BCUT2D eigenvalue weighted by molar-refractivity contribution is 0.101. The molecule has 1 nitrogen and oxygen atoms in total. The third-order valence-electron chi connectivity index (χ3n) is 3.13. The van der Waals surface area contributed by atoms with E-state index in [1.807, 2.05) is 18.2 Å². The van der Waals surface area contributed by atoms with E-state index in [9.17, 15) is 4.79 Å². The second kappa shape index (κ2) is 3.36. The van der Waals surface area contributed by atoms with Gasteiger partial charge in [-0.25, -0.2) is 0 Å². The minimum Gasteiger partial charge on any atom is -0.293 e. The van der Waals surface area contributed by atoms with Crippen LogP contribution in [0, 0.1) is 0 Å². The zero-order valence-electron chi connectivity index (χ0n) is 9.28. The fourth-order valence-electron chi connectivity index (χ4n) is 2.48. The van der Waals surface area contributed by atoms with Gasteiger partial charge < -0.3 is 0 Å². The molecular weight excluding hydrogens is 216 g/mol. The van der Waals surface area contributed by atoms with Gasteiger partial charge in [0, 0.05) is 5.56 Å². The first-order chi connectivity index (χ1) is 7.68. The molecule has 1 aliphatic carbocycles. The van der Waals surface area contributed by atoms with Gasteiger partial charge in [-0.05, 0) is 41.5 Å². The highest BCUT2D eigenvalue weighted by Crippen LogP contribution is 2.46. The van der Waals surface area contributed by atoms with E-state index in [0.29, 0.717) is 0 Å². The number of thioether (sulfide) groups is 1. The first kappa shape index (κ1) is 9.91. The zero-order valence-corrected chi connectivity index (χ0v) is 10.1. The van der Waals surface area contributed by atoms with Gasteiger partial charge in [0.15, 0.2) is 5.78 Å². The Morgan fingerprint density at radius 2 is 1.81 bits per heavy atom. The second-order valence-corrected chi connectivity index (χ2v) is 5.61. The van der Waals surface area contributed by atoms with E-state index in [4.69, 9.17) is 0 Å². The molecule has 1 aromatic carbocycles. The SMILES string of the molecule is CC1=CC(C)=C2c3ccccc3C(=O)C2S1. The molecule has 1 unspecified atom stereocenters. The van der Waals surface area contributed by atoms with Crippen LogP contribution in [-0.2, 0) is 0 Å². The first-order valence-corrected chi connectivity index (χ1v) is 6.26. The van der Waals surface area contributed by atoms with Crippen LogP contribution in [0.5, 0.6) is 0 Å². The quantitative estimate of drug-likeness (QED) is 0.674. The Morgan fingerprint density at radius 1 is 1.12 bits per heavy atom. The van der Waals surface area contributed by atoms with Crippen molar-refractivity contribution in [2.75, 3.05) is 0 Å². The van der Waals surface area contributed by atoms with Gasteiger partial charge >= 0.3 is 0 Å². The second-order valence-electron chi connectivity index (χ2n) is 4.26. The summed E-state index contributed by atoms with van der Waals surface area (Å²) < 4.78 is 0. The number of allylic oxidation sites excluding steroid dienone is 3. The van der Waals surface area contributed by atoms with E-state index in [1.165, 1.54) is 16.1 Å². The molecule has 0 fully saturated rings. The third kappa shape index (κ3) is 1.23. The summed E-state index contributed by atoms with van der Waals surface area (Å²) in [6, 6.07) is 7.94. The standard InChI is InChI=1S/C14H12OS/c1-8-7-9(2)16-14-12(8)10-5-3-4-6-11(10)13(14)15/h3-7,14H,1-2H3. The van der Waals surface area contributed by atoms with Crippen molar-refractivity contribution in [2.24, 2.45) is 0 Å². The van der Waals surface area contributed by atoms with Crippen LogP contribution < -0.4 is 0 Å². The number of fused-ring (bicyclic) bond motifs is 3. The average molecular weight is 228 g/mol. The Balaban J connectivity index is 2.29. The third-order valence-corrected chi connectivity index (χ3v) is 4.31. The maximum atomic E-state index is 12.2. The summed E-state index contributed by atoms with van der Waals surface area (Å²) in [6.07, 6.45) is 2.17. The fourth-order valence-corrected chi connectivity index (χ4v) is 3.76. The van der Waals surface area contributed by atoms with Gasteiger partial charge in [0.05, 0.1) is 5.25 Å². The molecule has 0 aromatic heterocycles. The molecule has 16 heavy (non-hydrogen) atoms. The summed E-state index contributed by atoms with van der Waals surface area (Å²) in [4.78, 5) is 13.5. The summed E-state index contributed by atoms with van der Waals surface area (Å²) in [6.45, 7) is 4.17. The molecule has 80 valence electrons. The van der Waals surface area contributed by atoms with E-state index in [-0.39, 0.29) is 11.0 Å². The average Bonchev–Trinajstić information content (AvgIpc) is 2.54. The van der Waals surface area contributed by atoms with Crippen molar-refractivity contribution >= 4 is 23.1 Å². The molecule has 0 saturated carbocycles. The van der Waals surface area contributed by atoms with Crippen LogP contribution in [0.3, 0.4) is 0 Å². The van der Waals surface area contributed by atoms with Gasteiger partial charge in [-0.15, -0.1) is 11.8 Å². The molecule has 0 amide bonds. The van der Waals surface area contributed by atoms with E-state index in [0.717, 1.165) is 11.1 Å². The predicted octanol–water partition coefficient (Wildman–Crippen LogP) is 3.68. The topological polar surface area (TPSA) is 17.1 Å². The maximum absolute atomic E-state index is 12.2. The molecule has 1 atom stereocenters. The molecule has 0 N–H and O–H groups in total. The number of carbonyl (C=O) groups is 1. The lowest BCUT2D eigenvalue weighted by atomic mass is 10.0. The Hall–Kier alpha value is -1.28. The van der Waals surface area contributed by atoms with Gasteiger partial charge in [0.1, 0.15) is 0 Å². The van der Waals surface area contributed by atoms with Crippen LogP contribution in [0.2, 0.25) is 0 Å². The largest absolute Gasteiger partial charge is 0.293 e. The van der Waals surface area contributed by atoms with Crippen molar-refractivity contribution in [3.05, 3.63) is 51.9 Å². The highest BCUT2D eigenvalue weighted by atomic mass is 32.2. The molecular formula is C14H12OS. The molecule has 2 heteroatoms. The first-order valence-electron chi connectivity index (χ1n) is 5.38. The molecule has 1 aliphatic heterocycles. The van der Waals surface area contributed by atoms with Gasteiger partial charge in [0.2, 0.25) is 0 Å². The van der Waals surface area contributed by atoms with E-state index < -0.39 is 0 Å². The van der Waals surface area contributed by atoms with Gasteiger partial charge in [-0.1, -0.05) is 24.3 Å². The van der Waals surface area contributed by atoms with Gasteiger partial charge in [0.25, 0.3) is 0 Å². The minimum atomic E-state index is 0.00222. The molecule has 0 spiro atoms. The van der Waals surface area contributed by atoms with Crippen LogP contribution in [0.25, 0.3) is 5.57 Å². The van der Waals surface area contributed by atoms with E-state index >= 15 is 0 Å². The Labute approximate surface area is 99.2 Å². The van der Waals surface area contributed by atoms with E-state index in [1.54, 1.807) is 11.8 Å². The lowest BCUT2D eigenvalue weighted by Gasteiger charge is -2.18. The van der Waals surface area contributed by atoms with Crippen LogP contribution in [0.15, 0.2) is 40.8 Å². The smallest absolute Gasteiger partial charge is 0.181 e. The van der Waals surface area contributed by atoms with Crippen LogP contribution >= 0.6 is 11.8 Å². The van der Waals surface area contributed by atoms with Crippen molar-refractivity contribution in [3.8, 4) is 0 Å². The molecule has 2 aliphatic rings. The fraction of sp³-hybridized carbons (Fsp3) is 0.214. The Bertz CT molecular complexity index is 552. The number of hydrogen-bond acceptors (Lipinski definition) is 2. The van der Waals surface area contributed by atoms with E-state index in [2.05, 4.69) is 26.0 Å². The number of carbonyl (C=O) groups excluding carboxylic acids is 1. The van der Waals surface area contributed by atoms with Crippen LogP contribution in [0.1, 0.15) is 29.8 Å². The molecule has 0 saturated heterocycles. The normalized spacial score (nSPS) is 23.0. The number of hydrogen-bond donors (Lipinski definition) is 0. The summed E-state index contributed by atoms with van der Waals surface area (Å²) in [5.74, 6) is 0.266. The monoisotopic (exact) mass is 228 g/mol. The highest BCUT2D eigenvalue weighted by Gasteiger charge is 2.37. The zero-order chi connectivity index (χ0) is 11.3. The van der Waals surface area contributed by atoms with Crippen molar-refractivity contribution in [2.45, 2.75) is 19.1 Å². The minimum absolute atomic E-state index is 0.00222. The van der Waals surface area contributed by atoms with Crippen LogP contribution in [0.4, 0.5) is 0 Å². The number of rotatable bonds is 0. The molecule has 1 heterocycles. The highest BCUT2D eigenvalue weighted by molar-refractivity contribution is 8.04. The maximum Gasteiger partial charge on any atom is 0.181 e. The summed E-state index contributed by atoms with van der Waals surface area (Å²) in [5, 5.41) is 0.00222. The summed E-state index contributed by atoms with van der Waals surface area (Å²) >= 11 is 1.68. The van der Waals surface area contributed by atoms with Gasteiger partial charge in [-0.3, -0.25) is 4.79 Å². The predicted molar refractivity (Wildman–Crippen MR) is 68.5 cm³/mol. The number of benzene rings is 1. The van der Waals surface area contributed by atoms with Crippen molar-refractivity contribution in [1.82, 2.24) is 0 Å². The molecule has 1 aromatic rings. The molecule has 0 bridgehead atoms. The Morgan fingerprint density at radius 3 is 2.56 bits per heavy atom. The van der Waals surface area contributed by atoms with Crippen molar-refractivity contribution in [3.63, 3.8) is 0 Å². The van der Waals surface area contributed by atoms with Crippen LogP contribution in [-0.4, -0.2) is 11.0 Å². The molecule has 0 radical (unpaired) electrons. The summed E-state index contributed by atoms with van der Waals surface area (Å²) in [7, 11) is 0. The summed E-state index contributed by atoms with van der Waals surface area (Å²) in [5.41, 5.74) is 4.47.